The molecule has 21 heavy (non-hydrogen) atoms. The smallest absolute Gasteiger partial charge is 0.227 e. The molecule has 1 aliphatic carbocycles. The fourth-order valence-electron chi connectivity index (χ4n) is 3.69. The zero-order valence-corrected chi connectivity index (χ0v) is 13.4. The number of hydrogen-bond donors (Lipinski definition) is 1. The number of nitrogens with two attached hydrogens (primary N) is 1. The molecule has 1 unspecified atom stereocenters. The third-order valence-electron chi connectivity index (χ3n) is 4.80. The van der Waals surface area contributed by atoms with Crippen molar-refractivity contribution in [2.24, 2.45) is 17.6 Å². The first-order chi connectivity index (χ1) is 9.65. The van der Waals surface area contributed by atoms with E-state index in [-0.39, 0.29) is 24.4 Å². The summed E-state index contributed by atoms with van der Waals surface area (Å²) in [6.45, 7) is 3.06. The van der Waals surface area contributed by atoms with Crippen LogP contribution in [-0.2, 0) is 11.2 Å². The van der Waals surface area contributed by atoms with Gasteiger partial charge in [0, 0.05) is 24.7 Å². The molecule has 1 amide bonds. The number of hydrogen-bond acceptors (Lipinski definition) is 2. The first-order valence-electron chi connectivity index (χ1n) is 7.79. The summed E-state index contributed by atoms with van der Waals surface area (Å²) in [7, 11) is 0. The molecule has 2 N–H and O–H groups in total. The van der Waals surface area contributed by atoms with Gasteiger partial charge in [-0.25, -0.2) is 0 Å². The first-order valence-corrected chi connectivity index (χ1v) is 7.79. The fraction of sp³-hybridized carbons (Fsp3) is 0.588. The first kappa shape index (κ1) is 16.3. The quantitative estimate of drug-likeness (QED) is 0.912. The molecule has 0 radical (unpaired) electrons. The van der Waals surface area contributed by atoms with Gasteiger partial charge in [0.2, 0.25) is 5.91 Å². The van der Waals surface area contributed by atoms with Gasteiger partial charge in [-0.05, 0) is 42.7 Å². The Morgan fingerprint density at radius 3 is 2.81 bits per heavy atom. The Hall–Kier alpha value is -1.06. The summed E-state index contributed by atoms with van der Waals surface area (Å²) in [5, 5.41) is 0. The van der Waals surface area contributed by atoms with Gasteiger partial charge in [0.25, 0.3) is 0 Å². The van der Waals surface area contributed by atoms with Crippen molar-refractivity contribution in [1.82, 2.24) is 0 Å². The van der Waals surface area contributed by atoms with Crippen LogP contribution in [0.2, 0.25) is 0 Å². The Morgan fingerprint density at radius 2 is 2.10 bits per heavy atom. The van der Waals surface area contributed by atoms with Crippen molar-refractivity contribution in [3.05, 3.63) is 29.8 Å². The second-order valence-electron chi connectivity index (χ2n) is 6.50. The maximum atomic E-state index is 12.7. The SMILES string of the molecule is CC1Cc2ccccc2N(C(=O)C[C@@H]2CCC[C@H]2N)C1.Cl. The van der Waals surface area contributed by atoms with Gasteiger partial charge in [-0.1, -0.05) is 31.5 Å². The van der Waals surface area contributed by atoms with E-state index in [0.717, 1.165) is 31.5 Å². The maximum Gasteiger partial charge on any atom is 0.227 e. The van der Waals surface area contributed by atoms with Gasteiger partial charge in [-0.2, -0.15) is 0 Å². The third kappa shape index (κ3) is 3.41. The predicted molar refractivity (Wildman–Crippen MR) is 88.8 cm³/mol. The summed E-state index contributed by atoms with van der Waals surface area (Å²) in [5.74, 6) is 1.17. The second-order valence-corrected chi connectivity index (χ2v) is 6.50. The minimum atomic E-state index is 0. The van der Waals surface area contributed by atoms with Gasteiger partial charge in [0.15, 0.2) is 0 Å². The van der Waals surface area contributed by atoms with E-state index in [4.69, 9.17) is 5.73 Å². The molecule has 1 aliphatic heterocycles. The highest BCUT2D eigenvalue weighted by atomic mass is 35.5. The molecule has 116 valence electrons. The van der Waals surface area contributed by atoms with E-state index in [2.05, 4.69) is 25.1 Å². The van der Waals surface area contributed by atoms with Crippen molar-refractivity contribution < 1.29 is 4.79 Å². The van der Waals surface area contributed by atoms with Crippen molar-refractivity contribution in [2.75, 3.05) is 11.4 Å². The van der Waals surface area contributed by atoms with E-state index in [1.165, 1.54) is 12.0 Å². The number of halogens is 1. The van der Waals surface area contributed by atoms with Gasteiger partial charge in [0.05, 0.1) is 0 Å². The predicted octanol–water partition coefficient (Wildman–Crippen LogP) is 3.15. The van der Waals surface area contributed by atoms with E-state index in [0.29, 0.717) is 18.3 Å². The van der Waals surface area contributed by atoms with E-state index in [1.54, 1.807) is 0 Å². The maximum absolute atomic E-state index is 12.7. The number of para-hydroxylation sites is 1. The zero-order chi connectivity index (χ0) is 14.1. The summed E-state index contributed by atoms with van der Waals surface area (Å²) < 4.78 is 0. The summed E-state index contributed by atoms with van der Waals surface area (Å²) in [5.41, 5.74) is 8.52. The molecule has 1 fully saturated rings. The number of carbonyl (C=O) groups is 1. The number of nitrogens with zero attached hydrogens (tertiary/aromatic N) is 1. The molecule has 0 saturated heterocycles. The molecule has 1 aromatic carbocycles. The topological polar surface area (TPSA) is 46.3 Å². The van der Waals surface area contributed by atoms with Crippen LogP contribution in [0.25, 0.3) is 0 Å². The number of amides is 1. The lowest BCUT2D eigenvalue weighted by molar-refractivity contribution is -0.119. The van der Waals surface area contributed by atoms with Crippen LogP contribution in [-0.4, -0.2) is 18.5 Å². The van der Waals surface area contributed by atoms with Gasteiger partial charge in [-0.15, -0.1) is 12.4 Å². The molecule has 0 aromatic heterocycles. The Balaban J connectivity index is 0.00000161. The highest BCUT2D eigenvalue weighted by molar-refractivity contribution is 5.94. The lowest BCUT2D eigenvalue weighted by Gasteiger charge is -2.34. The highest BCUT2D eigenvalue weighted by Gasteiger charge is 2.31. The van der Waals surface area contributed by atoms with E-state index in [9.17, 15) is 4.79 Å². The summed E-state index contributed by atoms with van der Waals surface area (Å²) in [6, 6.07) is 8.53. The average Bonchev–Trinajstić information content (AvgIpc) is 2.83. The number of fused-ring (bicyclic) bond motifs is 1. The van der Waals surface area contributed by atoms with Gasteiger partial charge in [0.1, 0.15) is 0 Å². The Bertz CT molecular complexity index is 505. The summed E-state index contributed by atoms with van der Waals surface area (Å²) >= 11 is 0. The van der Waals surface area contributed by atoms with Crippen LogP contribution in [0.3, 0.4) is 0 Å². The molecule has 3 nitrogen and oxygen atoms in total. The molecule has 3 atom stereocenters. The summed E-state index contributed by atoms with van der Waals surface area (Å²) in [4.78, 5) is 14.7. The standard InChI is InChI=1S/C17H24N2O.ClH/c1-12-9-14-5-2-3-8-16(14)19(11-12)17(20)10-13-6-4-7-15(13)18;/h2-3,5,8,12-13,15H,4,6-7,9-11,18H2,1H3;1H/t12?,13-,15+;/m0./s1. The normalized spacial score (nSPS) is 27.9. The Labute approximate surface area is 133 Å². The molecule has 1 saturated carbocycles. The van der Waals surface area contributed by atoms with Crippen molar-refractivity contribution in [3.63, 3.8) is 0 Å². The minimum absolute atomic E-state index is 0. The molecule has 1 aromatic rings. The average molecular weight is 309 g/mol. The van der Waals surface area contributed by atoms with Gasteiger partial charge in [-0.3, -0.25) is 4.79 Å². The van der Waals surface area contributed by atoms with E-state index >= 15 is 0 Å². The van der Waals surface area contributed by atoms with Gasteiger partial charge >= 0.3 is 0 Å². The lowest BCUT2D eigenvalue weighted by atomic mass is 9.92. The molecule has 0 spiro atoms. The minimum Gasteiger partial charge on any atom is -0.327 e. The fourth-order valence-corrected chi connectivity index (χ4v) is 3.69. The molecule has 4 heteroatoms. The highest BCUT2D eigenvalue weighted by Crippen LogP contribution is 2.32. The van der Waals surface area contributed by atoms with Crippen LogP contribution < -0.4 is 10.6 Å². The largest absolute Gasteiger partial charge is 0.327 e. The Kier molecular flexibility index (Phi) is 5.28. The second kappa shape index (κ2) is 6.80. The molecule has 0 bridgehead atoms. The molecule has 3 rings (SSSR count). The molecule has 2 aliphatic rings. The van der Waals surface area contributed by atoms with Gasteiger partial charge < -0.3 is 10.6 Å². The number of carbonyl (C=O) groups excluding carboxylic acids is 1. The number of anilines is 1. The molecular formula is C17H25ClN2O. The zero-order valence-electron chi connectivity index (χ0n) is 12.6. The monoisotopic (exact) mass is 308 g/mol. The van der Waals surface area contributed by atoms with Crippen LogP contribution in [0.1, 0.15) is 38.2 Å². The van der Waals surface area contributed by atoms with Crippen molar-refractivity contribution in [2.45, 2.75) is 45.1 Å². The summed E-state index contributed by atoms with van der Waals surface area (Å²) in [6.07, 6.45) is 5.04. The van der Waals surface area contributed by atoms with Crippen LogP contribution in [0.4, 0.5) is 5.69 Å². The van der Waals surface area contributed by atoms with E-state index in [1.807, 2.05) is 11.0 Å². The molecule has 1 heterocycles. The van der Waals surface area contributed by atoms with Crippen LogP contribution in [0, 0.1) is 11.8 Å². The number of benzene rings is 1. The van der Waals surface area contributed by atoms with Crippen molar-refractivity contribution >= 4 is 24.0 Å². The Morgan fingerprint density at radius 1 is 1.33 bits per heavy atom. The van der Waals surface area contributed by atoms with Crippen molar-refractivity contribution in [3.8, 4) is 0 Å². The van der Waals surface area contributed by atoms with E-state index < -0.39 is 0 Å². The van der Waals surface area contributed by atoms with Crippen LogP contribution >= 0.6 is 12.4 Å². The third-order valence-corrected chi connectivity index (χ3v) is 4.80. The van der Waals surface area contributed by atoms with Crippen LogP contribution in [0.5, 0.6) is 0 Å². The number of rotatable bonds is 2. The van der Waals surface area contributed by atoms with Crippen molar-refractivity contribution in [1.29, 1.82) is 0 Å². The lowest BCUT2D eigenvalue weighted by Crippen LogP contribution is -2.41. The van der Waals surface area contributed by atoms with Crippen LogP contribution in [0.15, 0.2) is 24.3 Å². The molecular weight excluding hydrogens is 284 g/mol.